The van der Waals surface area contributed by atoms with Crippen LogP contribution in [0, 0.1) is 11.6 Å². The first-order chi connectivity index (χ1) is 21.1. The number of aliphatic carboxylic acids is 1. The Kier molecular flexibility index (Phi) is 11.2. The van der Waals surface area contributed by atoms with Crippen LogP contribution < -0.4 is 10.6 Å². The molecule has 3 unspecified atom stereocenters. The van der Waals surface area contributed by atoms with Crippen molar-refractivity contribution in [2.75, 3.05) is 31.3 Å². The zero-order valence-electron chi connectivity index (χ0n) is 24.5. The van der Waals surface area contributed by atoms with E-state index in [4.69, 9.17) is 16.3 Å². The van der Waals surface area contributed by atoms with E-state index in [1.54, 1.807) is 30.5 Å². The number of amides is 1. The van der Waals surface area contributed by atoms with Gasteiger partial charge in [-0.1, -0.05) is 24.4 Å². The van der Waals surface area contributed by atoms with Crippen molar-refractivity contribution in [3.63, 3.8) is 0 Å². The van der Waals surface area contributed by atoms with E-state index in [0.29, 0.717) is 59.4 Å². The number of nitrogens with one attached hydrogen (secondary N) is 2. The molecule has 234 valence electrons. The Morgan fingerprint density at radius 3 is 2.61 bits per heavy atom. The van der Waals surface area contributed by atoms with Crippen molar-refractivity contribution in [3.8, 4) is 11.1 Å². The molecule has 2 aliphatic heterocycles. The molecule has 2 aliphatic rings. The van der Waals surface area contributed by atoms with Gasteiger partial charge in [-0.05, 0) is 94.4 Å². The number of carboxylic acids is 1. The maximum Gasteiger partial charge on any atom is 0.412 e. The molecule has 0 saturated heterocycles. The lowest BCUT2D eigenvalue weighted by molar-refractivity contribution is -0.138. The second-order valence-corrected chi connectivity index (χ2v) is 11.4. The van der Waals surface area contributed by atoms with E-state index < -0.39 is 35.8 Å². The number of cyclic esters (lactones) is 1. The number of aldehydes is 1. The second-order valence-electron chi connectivity index (χ2n) is 11.0. The molecular formula is C32H35ClF2N4O5. The first kappa shape index (κ1) is 32.8. The van der Waals surface area contributed by atoms with Crippen molar-refractivity contribution < 1.29 is 33.0 Å². The first-order valence-electron chi connectivity index (χ1n) is 14.4. The number of fused-ring (bicyclic) bond motifs is 5. The Morgan fingerprint density at radius 2 is 1.89 bits per heavy atom. The van der Waals surface area contributed by atoms with Crippen LogP contribution in [0.1, 0.15) is 61.8 Å². The number of hydrogen-bond acceptors (Lipinski definition) is 7. The number of ether oxygens (including phenoxy) is 1. The van der Waals surface area contributed by atoms with Crippen molar-refractivity contribution in [2.24, 2.45) is 0 Å². The molecule has 44 heavy (non-hydrogen) atoms. The van der Waals surface area contributed by atoms with Crippen LogP contribution in [-0.4, -0.2) is 60.0 Å². The Bertz CT molecular complexity index is 1510. The van der Waals surface area contributed by atoms with Crippen LogP contribution >= 0.6 is 11.6 Å². The number of nitrogens with zero attached hydrogens (tertiary/aromatic N) is 2. The highest BCUT2D eigenvalue weighted by atomic mass is 35.5. The predicted molar refractivity (Wildman–Crippen MR) is 164 cm³/mol. The molecule has 3 atom stereocenters. The first-order valence-corrected chi connectivity index (χ1v) is 14.8. The monoisotopic (exact) mass is 628 g/mol. The van der Waals surface area contributed by atoms with Gasteiger partial charge in [0.2, 0.25) is 0 Å². The topological polar surface area (TPSA) is 121 Å². The highest BCUT2D eigenvalue weighted by molar-refractivity contribution is 6.31. The SMILES string of the molecule is CN(C)CCCC1OC(=O)Nc2ccc(Cl)c(F)c21.O=CC1CCCCC(C(=O)O)Nc2ccc(F)cc2-c2ccnc1c2. The van der Waals surface area contributed by atoms with Gasteiger partial charge in [0.05, 0.1) is 27.9 Å². The van der Waals surface area contributed by atoms with Crippen molar-refractivity contribution in [1.29, 1.82) is 0 Å². The quantitative estimate of drug-likeness (QED) is 0.249. The molecule has 0 fully saturated rings. The van der Waals surface area contributed by atoms with Gasteiger partial charge in [0.1, 0.15) is 24.2 Å². The fourth-order valence-corrected chi connectivity index (χ4v) is 5.42. The van der Waals surface area contributed by atoms with Gasteiger partial charge in [-0.2, -0.15) is 0 Å². The molecule has 0 saturated carbocycles. The largest absolute Gasteiger partial charge is 0.480 e. The summed E-state index contributed by atoms with van der Waals surface area (Å²) >= 11 is 5.78. The van der Waals surface area contributed by atoms with Crippen LogP contribution in [0.3, 0.4) is 0 Å². The van der Waals surface area contributed by atoms with Crippen molar-refractivity contribution in [3.05, 3.63) is 76.6 Å². The number of pyridine rings is 1. The third kappa shape index (κ3) is 8.29. The van der Waals surface area contributed by atoms with Gasteiger partial charge in [-0.25, -0.2) is 18.4 Å². The molecule has 0 radical (unpaired) electrons. The van der Waals surface area contributed by atoms with Gasteiger partial charge in [-0.15, -0.1) is 0 Å². The van der Waals surface area contributed by atoms with Gasteiger partial charge < -0.3 is 24.9 Å². The standard InChI is InChI=1S/C19H19FN2O3.C13H16ClFN2O2/c20-14-5-6-16-15(10-14)12-7-8-21-18(9-12)13(11-23)3-1-2-4-17(22-16)19(24)25;1-17(2)7-3-4-10-11-9(16-13(18)19-10)6-5-8(14)12(11)15/h5-11,13,17,22H,1-4H2,(H,24,25);5-6,10H,3-4,7H2,1-2H3,(H,16,18). The summed E-state index contributed by atoms with van der Waals surface area (Å²) in [6, 6.07) is 9.97. The maximum atomic E-state index is 14.1. The number of rotatable bonds is 6. The Balaban J connectivity index is 0.000000209. The van der Waals surface area contributed by atoms with Gasteiger partial charge in [0.25, 0.3) is 0 Å². The molecular weight excluding hydrogens is 594 g/mol. The second kappa shape index (κ2) is 15.1. The number of carbonyl (C=O) groups is 3. The third-order valence-corrected chi connectivity index (χ3v) is 7.81. The number of benzene rings is 2. The fraction of sp³-hybridized carbons (Fsp3) is 0.375. The molecule has 3 aromatic rings. The van der Waals surface area contributed by atoms with Crippen LogP contribution in [0.15, 0.2) is 48.7 Å². The molecule has 0 aliphatic carbocycles. The van der Waals surface area contributed by atoms with E-state index in [0.717, 1.165) is 25.7 Å². The molecule has 2 bridgehead atoms. The molecule has 2 aromatic carbocycles. The van der Waals surface area contributed by atoms with E-state index in [1.165, 1.54) is 18.2 Å². The van der Waals surface area contributed by atoms with Crippen LogP contribution in [0.5, 0.6) is 0 Å². The van der Waals surface area contributed by atoms with E-state index in [1.807, 2.05) is 19.0 Å². The Morgan fingerprint density at radius 1 is 1.14 bits per heavy atom. The summed E-state index contributed by atoms with van der Waals surface area (Å²) in [5.74, 6) is -2.22. The van der Waals surface area contributed by atoms with Crippen LogP contribution in [-0.2, 0) is 14.3 Å². The number of carboxylic acid groups (broad SMARTS) is 1. The average Bonchev–Trinajstić information content (AvgIpc) is 2.98. The van der Waals surface area contributed by atoms with E-state index in [-0.39, 0.29) is 10.9 Å². The highest BCUT2D eigenvalue weighted by Gasteiger charge is 2.30. The lowest BCUT2D eigenvalue weighted by Crippen LogP contribution is -2.29. The summed E-state index contributed by atoms with van der Waals surface area (Å²) in [5.41, 5.74) is 3.23. The summed E-state index contributed by atoms with van der Waals surface area (Å²) in [6.07, 6.45) is 5.15. The number of halogens is 3. The number of anilines is 2. The minimum absolute atomic E-state index is 0.0381. The molecule has 9 nitrogen and oxygen atoms in total. The average molecular weight is 629 g/mol. The van der Waals surface area contributed by atoms with Crippen molar-refractivity contribution >= 4 is 41.3 Å². The molecule has 1 amide bonds. The van der Waals surface area contributed by atoms with Gasteiger partial charge >= 0.3 is 12.1 Å². The van der Waals surface area contributed by atoms with E-state index >= 15 is 0 Å². The normalized spacial score (nSPS) is 19.3. The van der Waals surface area contributed by atoms with Crippen LogP contribution in [0.4, 0.5) is 25.0 Å². The Labute approximate surface area is 259 Å². The number of aromatic nitrogens is 1. The smallest absolute Gasteiger partial charge is 0.412 e. The van der Waals surface area contributed by atoms with Crippen LogP contribution in [0.2, 0.25) is 5.02 Å². The highest BCUT2D eigenvalue weighted by Crippen LogP contribution is 2.38. The summed E-state index contributed by atoms with van der Waals surface area (Å²) in [7, 11) is 3.92. The third-order valence-electron chi connectivity index (χ3n) is 7.52. The minimum Gasteiger partial charge on any atom is -0.480 e. The molecule has 5 rings (SSSR count). The zero-order valence-corrected chi connectivity index (χ0v) is 25.2. The van der Waals surface area contributed by atoms with Gasteiger partial charge in [0.15, 0.2) is 5.82 Å². The molecule has 1 aromatic heterocycles. The maximum absolute atomic E-state index is 14.1. The molecule has 12 heteroatoms. The van der Waals surface area contributed by atoms with E-state index in [9.17, 15) is 28.3 Å². The number of hydrogen-bond donors (Lipinski definition) is 3. The summed E-state index contributed by atoms with van der Waals surface area (Å²) in [6.45, 7) is 0.846. The predicted octanol–water partition coefficient (Wildman–Crippen LogP) is 7.03. The molecule has 3 N–H and O–H groups in total. The summed E-state index contributed by atoms with van der Waals surface area (Å²) in [5, 5.41) is 15.0. The lowest BCUT2D eigenvalue weighted by atomic mass is 9.94. The minimum atomic E-state index is -0.949. The number of carbonyl (C=O) groups excluding carboxylic acids is 2. The molecule has 3 heterocycles. The summed E-state index contributed by atoms with van der Waals surface area (Å²) in [4.78, 5) is 40.7. The molecule has 0 spiro atoms. The zero-order chi connectivity index (χ0) is 31.8. The Hall–Kier alpha value is -4.09. The van der Waals surface area contributed by atoms with Crippen molar-refractivity contribution in [1.82, 2.24) is 9.88 Å². The van der Waals surface area contributed by atoms with E-state index in [2.05, 4.69) is 15.6 Å². The van der Waals surface area contributed by atoms with Gasteiger partial charge in [-0.3, -0.25) is 10.3 Å². The lowest BCUT2D eigenvalue weighted by Gasteiger charge is -2.27. The fourth-order valence-electron chi connectivity index (χ4n) is 5.26. The summed E-state index contributed by atoms with van der Waals surface area (Å²) < 4.78 is 33.0. The van der Waals surface area contributed by atoms with Gasteiger partial charge in [0, 0.05) is 17.4 Å². The van der Waals surface area contributed by atoms with Crippen molar-refractivity contribution in [2.45, 2.75) is 56.6 Å². The van der Waals surface area contributed by atoms with Crippen LogP contribution in [0.25, 0.3) is 11.1 Å².